The number of hydrogen-bond acceptors (Lipinski definition) is 4. The first-order valence-electron chi connectivity index (χ1n) is 31.1. The summed E-state index contributed by atoms with van der Waals surface area (Å²) in [6.45, 7) is 17.4. The minimum absolute atomic E-state index is 0.114. The first-order valence-corrected chi connectivity index (χ1v) is 31.1. The van der Waals surface area contributed by atoms with Crippen LogP contribution in [0.25, 0.3) is 116 Å². The van der Waals surface area contributed by atoms with Gasteiger partial charge in [0.2, 0.25) is 0 Å². The topological polar surface area (TPSA) is 105 Å². The van der Waals surface area contributed by atoms with E-state index in [0.717, 1.165) is 133 Å². The molecule has 6 nitrogen and oxygen atoms in total. The molecule has 1 atom stereocenters. The number of benzene rings is 11. The molecular formula is C85H62N6. The molecule has 91 heavy (non-hydrogen) atoms. The SMILES string of the molecule is C/C=C\C(=C/C)c1ccc2c(c1)c1cc(C(C)(C)C)ccc1n2-c1c(C#N)cc(-c2ccc3c(c2)C2(c4ccccc4-3)c3ccccc3-c3ccc(-c4cc(C#N)c(-n5c6ccc(-c7ccccc7)cc6c6cc(C(C)(C)C)ccc65)c(C#N)c4)cc32)cc1C#N. The highest BCUT2D eigenvalue weighted by molar-refractivity contribution is 6.13. The molecule has 1 spiro atoms. The van der Waals surface area contributed by atoms with Crippen LogP contribution in [0.4, 0.5) is 0 Å². The van der Waals surface area contributed by atoms with Gasteiger partial charge in [-0.3, -0.25) is 0 Å². The normalized spacial score (nSPS) is 14.2. The Morgan fingerprint density at radius 2 is 0.747 bits per heavy atom. The lowest BCUT2D eigenvalue weighted by molar-refractivity contribution is 0.591. The third-order valence-corrected chi connectivity index (χ3v) is 19.3. The van der Waals surface area contributed by atoms with Gasteiger partial charge < -0.3 is 9.13 Å². The molecule has 2 heterocycles. The zero-order valence-corrected chi connectivity index (χ0v) is 52.1. The van der Waals surface area contributed by atoms with E-state index in [1.165, 1.54) is 11.1 Å². The van der Waals surface area contributed by atoms with E-state index in [2.05, 4.69) is 282 Å². The lowest BCUT2D eigenvalue weighted by Gasteiger charge is -2.31. The fourth-order valence-electron chi connectivity index (χ4n) is 14.9. The number of allylic oxidation sites excluding steroid dienone is 4. The molecule has 0 amide bonds. The fourth-order valence-corrected chi connectivity index (χ4v) is 14.9. The standard InChI is InChI=1S/C85H62N6/c1-9-18-51(10-2)53-27-33-77-69(41-53)71-45-63(83(3,4)5)29-35-79(71)90(77)81-59(47-86)37-57(38-60(81)48-87)55-25-31-67-65-21-14-16-23-73(65)85(75(67)43-55)74-24-17-15-22-66(74)68-32-26-56(44-76(68)85)58-39-61(49-88)82(62(40-58)50-89)91-78-34-28-54(52-19-12-11-13-20-52)42-70(78)72-46-64(84(6,7)8)30-36-80(72)91/h9-46H,1-8H3/b18-9-,51-10+. The van der Waals surface area contributed by atoms with Crippen LogP contribution in [0.3, 0.4) is 0 Å². The highest BCUT2D eigenvalue weighted by Gasteiger charge is 2.52. The van der Waals surface area contributed by atoms with Gasteiger partial charge in [-0.2, -0.15) is 21.0 Å². The highest BCUT2D eigenvalue weighted by Crippen LogP contribution is 2.64. The maximum Gasteiger partial charge on any atom is 0.101 e. The van der Waals surface area contributed by atoms with E-state index in [0.29, 0.717) is 33.6 Å². The molecule has 15 rings (SSSR count). The predicted octanol–water partition coefficient (Wildman–Crippen LogP) is 21.3. The summed E-state index contributed by atoms with van der Waals surface area (Å²) in [6, 6.07) is 85.2. The van der Waals surface area contributed by atoms with Gasteiger partial charge in [-0.05, 0) is 210 Å². The van der Waals surface area contributed by atoms with Crippen LogP contribution in [0.5, 0.6) is 0 Å². The Morgan fingerprint density at radius 1 is 0.363 bits per heavy atom. The largest absolute Gasteiger partial charge is 0.307 e. The number of fused-ring (bicyclic) bond motifs is 16. The minimum atomic E-state index is -0.795. The van der Waals surface area contributed by atoms with Crippen molar-refractivity contribution in [2.45, 2.75) is 71.6 Å². The van der Waals surface area contributed by atoms with Crippen LogP contribution in [0.15, 0.2) is 231 Å². The predicted molar refractivity (Wildman–Crippen MR) is 372 cm³/mol. The van der Waals surface area contributed by atoms with Gasteiger partial charge in [-0.15, -0.1) is 0 Å². The molecule has 0 fully saturated rings. The van der Waals surface area contributed by atoms with Gasteiger partial charge >= 0.3 is 0 Å². The van der Waals surface area contributed by atoms with Crippen LogP contribution in [0.2, 0.25) is 0 Å². The van der Waals surface area contributed by atoms with E-state index in [9.17, 15) is 21.0 Å². The molecule has 1 unspecified atom stereocenters. The summed E-state index contributed by atoms with van der Waals surface area (Å²) in [5.74, 6) is 0. The Kier molecular flexibility index (Phi) is 12.8. The van der Waals surface area contributed by atoms with E-state index < -0.39 is 5.41 Å². The molecule has 2 aromatic heterocycles. The van der Waals surface area contributed by atoms with Crippen LogP contribution in [0.1, 0.15) is 117 Å². The van der Waals surface area contributed by atoms with Gasteiger partial charge in [0, 0.05) is 21.5 Å². The van der Waals surface area contributed by atoms with Crippen molar-refractivity contribution >= 4 is 49.2 Å². The van der Waals surface area contributed by atoms with Crippen molar-refractivity contribution < 1.29 is 0 Å². The zero-order chi connectivity index (χ0) is 62.8. The van der Waals surface area contributed by atoms with Crippen LogP contribution >= 0.6 is 0 Å². The second-order valence-electron chi connectivity index (χ2n) is 26.4. The van der Waals surface area contributed by atoms with Gasteiger partial charge in [0.15, 0.2) is 0 Å². The molecule has 0 bridgehead atoms. The van der Waals surface area contributed by atoms with Crippen molar-refractivity contribution in [1.29, 1.82) is 21.0 Å². The summed E-state index contributed by atoms with van der Waals surface area (Å²) in [5.41, 5.74) is 24.3. The molecule has 6 heteroatoms. The summed E-state index contributed by atoms with van der Waals surface area (Å²) in [6.07, 6.45) is 6.30. The van der Waals surface area contributed by atoms with Crippen LogP contribution in [-0.2, 0) is 16.2 Å². The van der Waals surface area contributed by atoms with Gasteiger partial charge in [-0.25, -0.2) is 0 Å². The molecule has 432 valence electrons. The van der Waals surface area contributed by atoms with Crippen molar-refractivity contribution in [3.63, 3.8) is 0 Å². The Hall–Kier alpha value is -11.5. The summed E-state index contributed by atoms with van der Waals surface area (Å²) < 4.78 is 4.23. The van der Waals surface area contributed by atoms with Gasteiger partial charge in [0.05, 0.1) is 61.1 Å². The summed E-state index contributed by atoms with van der Waals surface area (Å²) in [4.78, 5) is 0. The maximum absolute atomic E-state index is 11.4. The van der Waals surface area contributed by atoms with Crippen LogP contribution in [-0.4, -0.2) is 9.13 Å². The quantitative estimate of drug-likeness (QED) is 0.148. The van der Waals surface area contributed by atoms with E-state index in [1.54, 1.807) is 0 Å². The number of nitrogens with zero attached hydrogens (tertiary/aromatic N) is 6. The zero-order valence-electron chi connectivity index (χ0n) is 52.1. The molecule has 0 aliphatic heterocycles. The van der Waals surface area contributed by atoms with E-state index in [-0.39, 0.29) is 10.8 Å². The molecular weight excluding hydrogens is 1100 g/mol. The first kappa shape index (κ1) is 56.0. The summed E-state index contributed by atoms with van der Waals surface area (Å²) >= 11 is 0. The van der Waals surface area contributed by atoms with Gasteiger partial charge in [0.1, 0.15) is 24.3 Å². The molecule has 0 saturated carbocycles. The van der Waals surface area contributed by atoms with Crippen molar-refractivity contribution in [2.24, 2.45) is 0 Å². The van der Waals surface area contributed by atoms with E-state index >= 15 is 0 Å². The molecule has 13 aromatic rings. The van der Waals surface area contributed by atoms with E-state index in [1.807, 2.05) is 37.3 Å². The lowest BCUT2D eigenvalue weighted by atomic mass is 9.70. The molecule has 0 N–H and O–H groups in total. The summed E-state index contributed by atoms with van der Waals surface area (Å²) in [5, 5.41) is 49.6. The maximum atomic E-state index is 11.4. The smallest absolute Gasteiger partial charge is 0.101 e. The number of aromatic nitrogens is 2. The first-order chi connectivity index (χ1) is 44.1. The molecule has 2 aliphatic carbocycles. The van der Waals surface area contributed by atoms with E-state index in [4.69, 9.17) is 0 Å². The number of nitriles is 4. The average Bonchev–Trinajstić information content (AvgIpc) is 1.51. The Bertz CT molecular complexity index is 5480. The molecule has 11 aromatic carbocycles. The summed E-state index contributed by atoms with van der Waals surface area (Å²) in [7, 11) is 0. The lowest BCUT2D eigenvalue weighted by Crippen LogP contribution is -2.26. The second-order valence-corrected chi connectivity index (χ2v) is 26.4. The van der Waals surface area contributed by atoms with Crippen molar-refractivity contribution in [3.8, 4) is 91.3 Å². The van der Waals surface area contributed by atoms with Gasteiger partial charge in [-0.1, -0.05) is 187 Å². The highest BCUT2D eigenvalue weighted by atomic mass is 15.0. The fraction of sp³-hybridized carbons (Fsp3) is 0.129. The van der Waals surface area contributed by atoms with Crippen molar-refractivity contribution in [3.05, 3.63) is 292 Å². The molecule has 0 radical (unpaired) electrons. The van der Waals surface area contributed by atoms with Crippen molar-refractivity contribution in [2.75, 3.05) is 0 Å². The minimum Gasteiger partial charge on any atom is -0.307 e. The Morgan fingerprint density at radius 3 is 1.19 bits per heavy atom. The molecule has 2 aliphatic rings. The van der Waals surface area contributed by atoms with Gasteiger partial charge in [0.25, 0.3) is 0 Å². The monoisotopic (exact) mass is 1170 g/mol. The van der Waals surface area contributed by atoms with Crippen LogP contribution < -0.4 is 0 Å². The average molecular weight is 1170 g/mol. The molecule has 0 saturated heterocycles. The third-order valence-electron chi connectivity index (χ3n) is 19.3. The number of rotatable bonds is 7. The number of hydrogen-bond donors (Lipinski definition) is 0. The van der Waals surface area contributed by atoms with Crippen molar-refractivity contribution in [1.82, 2.24) is 9.13 Å². The Balaban J connectivity index is 0.899. The van der Waals surface area contributed by atoms with Crippen LogP contribution in [0, 0.1) is 45.3 Å². The third kappa shape index (κ3) is 8.42. The second kappa shape index (κ2) is 20.8. The Labute approximate surface area is 531 Å².